The molecule has 0 aromatic heterocycles. The lowest BCUT2D eigenvalue weighted by Crippen LogP contribution is -2.34. The van der Waals surface area contributed by atoms with E-state index in [0.717, 1.165) is 0 Å². The van der Waals surface area contributed by atoms with Crippen LogP contribution in [0.2, 0.25) is 5.02 Å². The summed E-state index contributed by atoms with van der Waals surface area (Å²) in [7, 11) is 1.53. The van der Waals surface area contributed by atoms with Gasteiger partial charge in [0.05, 0.1) is 18.8 Å². The predicted octanol–water partition coefficient (Wildman–Crippen LogP) is 2.02. The Bertz CT molecular complexity index is 382. The number of hydrogen-bond donors (Lipinski definition) is 2. The van der Waals surface area contributed by atoms with Crippen molar-refractivity contribution in [1.29, 1.82) is 0 Å². The van der Waals surface area contributed by atoms with Crippen molar-refractivity contribution in [2.45, 2.75) is 19.4 Å². The van der Waals surface area contributed by atoms with Crippen LogP contribution >= 0.6 is 11.6 Å². The maximum Gasteiger partial charge on any atom is 0.241 e. The van der Waals surface area contributed by atoms with Crippen molar-refractivity contribution >= 4 is 23.2 Å². The van der Waals surface area contributed by atoms with Crippen molar-refractivity contribution in [3.63, 3.8) is 0 Å². The molecule has 0 spiro atoms. The van der Waals surface area contributed by atoms with E-state index in [-0.39, 0.29) is 5.91 Å². The highest BCUT2D eigenvalue weighted by Gasteiger charge is 2.13. The molecule has 1 amide bonds. The number of carbonyl (C=O) groups excluding carboxylic acids is 1. The molecule has 0 unspecified atom stereocenters. The van der Waals surface area contributed by atoms with Crippen LogP contribution in [-0.4, -0.2) is 19.1 Å². The molecule has 0 saturated carbocycles. The van der Waals surface area contributed by atoms with Crippen molar-refractivity contribution in [3.05, 3.63) is 23.2 Å². The van der Waals surface area contributed by atoms with Crippen LogP contribution in [-0.2, 0) is 4.79 Å². The number of anilines is 1. The van der Waals surface area contributed by atoms with Gasteiger partial charge in [-0.1, -0.05) is 18.5 Å². The number of nitrogens with one attached hydrogen (secondary N) is 1. The van der Waals surface area contributed by atoms with Gasteiger partial charge in [0.1, 0.15) is 5.75 Å². The van der Waals surface area contributed by atoms with E-state index in [1.807, 2.05) is 6.92 Å². The van der Waals surface area contributed by atoms with E-state index in [2.05, 4.69) is 5.32 Å². The Hall–Kier alpha value is -1.26. The molecule has 5 heteroatoms. The maximum absolute atomic E-state index is 11.6. The van der Waals surface area contributed by atoms with Crippen LogP contribution in [0.4, 0.5) is 5.69 Å². The van der Waals surface area contributed by atoms with Crippen LogP contribution in [0.15, 0.2) is 18.2 Å². The smallest absolute Gasteiger partial charge is 0.241 e. The Morgan fingerprint density at radius 3 is 2.88 bits per heavy atom. The Labute approximate surface area is 99.7 Å². The maximum atomic E-state index is 11.6. The van der Waals surface area contributed by atoms with Crippen molar-refractivity contribution in [2.75, 3.05) is 12.4 Å². The first-order valence-electron chi connectivity index (χ1n) is 4.98. The Balaban J connectivity index is 2.87. The van der Waals surface area contributed by atoms with E-state index < -0.39 is 6.04 Å². The van der Waals surface area contributed by atoms with Gasteiger partial charge in [-0.3, -0.25) is 4.79 Å². The summed E-state index contributed by atoms with van der Waals surface area (Å²) in [5.74, 6) is 0.309. The lowest BCUT2D eigenvalue weighted by molar-refractivity contribution is -0.117. The van der Waals surface area contributed by atoms with E-state index in [4.69, 9.17) is 22.1 Å². The summed E-state index contributed by atoms with van der Waals surface area (Å²) in [6.45, 7) is 1.85. The summed E-state index contributed by atoms with van der Waals surface area (Å²) < 4.78 is 5.10. The number of carbonyl (C=O) groups is 1. The van der Waals surface area contributed by atoms with Gasteiger partial charge in [0, 0.05) is 5.02 Å². The molecule has 3 N–H and O–H groups in total. The largest absolute Gasteiger partial charge is 0.495 e. The predicted molar refractivity (Wildman–Crippen MR) is 64.9 cm³/mol. The number of hydrogen-bond acceptors (Lipinski definition) is 3. The van der Waals surface area contributed by atoms with Crippen molar-refractivity contribution in [2.24, 2.45) is 5.73 Å². The van der Waals surface area contributed by atoms with Crippen molar-refractivity contribution in [1.82, 2.24) is 0 Å². The normalized spacial score (nSPS) is 12.0. The van der Waals surface area contributed by atoms with Gasteiger partial charge in [0.15, 0.2) is 0 Å². The standard InChI is InChI=1S/C11H15ClN2O2/c1-3-8(13)11(15)14-9-6-7(12)4-5-10(9)16-2/h4-6,8H,3,13H2,1-2H3,(H,14,15)/t8-/m0/s1. The number of benzene rings is 1. The van der Waals surface area contributed by atoms with Gasteiger partial charge < -0.3 is 15.8 Å². The van der Waals surface area contributed by atoms with E-state index >= 15 is 0 Å². The molecule has 0 radical (unpaired) electrons. The molecule has 0 aliphatic carbocycles. The number of halogens is 1. The van der Waals surface area contributed by atoms with Crippen molar-refractivity contribution < 1.29 is 9.53 Å². The third-order valence-corrected chi connectivity index (χ3v) is 2.43. The minimum absolute atomic E-state index is 0.247. The first kappa shape index (κ1) is 12.8. The molecule has 16 heavy (non-hydrogen) atoms. The van der Waals surface area contributed by atoms with Crippen molar-refractivity contribution in [3.8, 4) is 5.75 Å². The summed E-state index contributed by atoms with van der Waals surface area (Å²) >= 11 is 5.83. The Morgan fingerprint density at radius 2 is 2.31 bits per heavy atom. The second kappa shape index (κ2) is 5.72. The average Bonchev–Trinajstić information content (AvgIpc) is 2.28. The summed E-state index contributed by atoms with van der Waals surface area (Å²) in [5, 5.41) is 3.21. The fraction of sp³-hybridized carbons (Fsp3) is 0.364. The molecule has 1 aromatic carbocycles. The Morgan fingerprint density at radius 1 is 1.62 bits per heavy atom. The molecule has 0 aliphatic heterocycles. The number of rotatable bonds is 4. The van der Waals surface area contributed by atoms with Gasteiger partial charge in [-0.15, -0.1) is 0 Å². The van der Waals surface area contributed by atoms with E-state index in [1.54, 1.807) is 18.2 Å². The molecule has 0 aliphatic rings. The second-order valence-corrected chi connectivity index (χ2v) is 3.79. The summed E-state index contributed by atoms with van der Waals surface area (Å²) in [6.07, 6.45) is 0.578. The van der Waals surface area contributed by atoms with E-state index in [9.17, 15) is 4.79 Å². The molecule has 0 saturated heterocycles. The summed E-state index contributed by atoms with van der Waals surface area (Å²) in [6, 6.07) is 4.48. The zero-order valence-electron chi connectivity index (χ0n) is 9.29. The lowest BCUT2D eigenvalue weighted by Gasteiger charge is -2.13. The van der Waals surface area contributed by atoms with Gasteiger partial charge in [0.25, 0.3) is 0 Å². The van der Waals surface area contributed by atoms with Gasteiger partial charge >= 0.3 is 0 Å². The molecule has 0 bridgehead atoms. The molecule has 0 fully saturated rings. The summed E-state index contributed by atoms with van der Waals surface area (Å²) in [4.78, 5) is 11.6. The molecule has 4 nitrogen and oxygen atoms in total. The molecule has 1 aromatic rings. The van der Waals surface area contributed by atoms with Crippen LogP contribution < -0.4 is 15.8 Å². The Kier molecular flexibility index (Phi) is 4.58. The van der Waals surface area contributed by atoms with Crippen LogP contribution in [0, 0.1) is 0 Å². The van der Waals surface area contributed by atoms with Crippen LogP contribution in [0.25, 0.3) is 0 Å². The van der Waals surface area contributed by atoms with Crippen LogP contribution in [0.1, 0.15) is 13.3 Å². The average molecular weight is 243 g/mol. The monoisotopic (exact) mass is 242 g/mol. The zero-order chi connectivity index (χ0) is 12.1. The third-order valence-electron chi connectivity index (χ3n) is 2.20. The molecule has 1 rings (SSSR count). The zero-order valence-corrected chi connectivity index (χ0v) is 10.0. The second-order valence-electron chi connectivity index (χ2n) is 3.35. The van der Waals surface area contributed by atoms with Gasteiger partial charge in [-0.25, -0.2) is 0 Å². The fourth-order valence-electron chi connectivity index (χ4n) is 1.19. The van der Waals surface area contributed by atoms with Gasteiger partial charge in [0.2, 0.25) is 5.91 Å². The SMILES string of the molecule is CC[C@H](N)C(=O)Nc1cc(Cl)ccc1OC. The molecule has 1 atom stereocenters. The molecule has 0 heterocycles. The van der Waals surface area contributed by atoms with Crippen LogP contribution in [0.3, 0.4) is 0 Å². The lowest BCUT2D eigenvalue weighted by atomic mass is 10.2. The molecular weight excluding hydrogens is 228 g/mol. The summed E-state index contributed by atoms with van der Waals surface area (Å²) in [5.41, 5.74) is 6.14. The quantitative estimate of drug-likeness (QED) is 0.849. The number of methoxy groups -OCH3 is 1. The number of ether oxygens (including phenoxy) is 1. The van der Waals surface area contributed by atoms with Gasteiger partial charge in [-0.2, -0.15) is 0 Å². The fourth-order valence-corrected chi connectivity index (χ4v) is 1.36. The van der Waals surface area contributed by atoms with Crippen LogP contribution in [0.5, 0.6) is 5.75 Å². The number of nitrogens with two attached hydrogens (primary N) is 1. The topological polar surface area (TPSA) is 64.4 Å². The molecule has 88 valence electrons. The number of amides is 1. The van der Waals surface area contributed by atoms with E-state index in [0.29, 0.717) is 22.9 Å². The minimum atomic E-state index is -0.524. The van der Waals surface area contributed by atoms with Gasteiger partial charge in [-0.05, 0) is 24.6 Å². The third kappa shape index (κ3) is 3.12. The first-order valence-corrected chi connectivity index (χ1v) is 5.36. The van der Waals surface area contributed by atoms with E-state index in [1.165, 1.54) is 7.11 Å². The minimum Gasteiger partial charge on any atom is -0.495 e. The first-order chi connectivity index (χ1) is 7.58. The highest BCUT2D eigenvalue weighted by Crippen LogP contribution is 2.27. The molecular formula is C11H15ClN2O2. The highest BCUT2D eigenvalue weighted by atomic mass is 35.5. The highest BCUT2D eigenvalue weighted by molar-refractivity contribution is 6.31.